The summed E-state index contributed by atoms with van der Waals surface area (Å²) in [5, 5.41) is 3.82. The lowest BCUT2D eigenvalue weighted by Crippen LogP contribution is -2.43. The Labute approximate surface area is 207 Å². The molecule has 0 unspecified atom stereocenters. The minimum absolute atomic E-state index is 0.0241. The maximum absolute atomic E-state index is 12.8. The zero-order valence-corrected chi connectivity index (χ0v) is 21.9. The minimum Gasteiger partial charge on any atom is -0.349 e. The number of nitrogens with zero attached hydrogens (tertiary/aromatic N) is 1. The van der Waals surface area contributed by atoms with Crippen LogP contribution in [0.5, 0.6) is 0 Å². The van der Waals surface area contributed by atoms with Gasteiger partial charge >= 0.3 is 0 Å². The Bertz CT molecular complexity index is 1090. The maximum atomic E-state index is 12.8. The van der Waals surface area contributed by atoms with Crippen LogP contribution in [0.3, 0.4) is 0 Å². The Kier molecular flexibility index (Phi) is 8.15. The summed E-state index contributed by atoms with van der Waals surface area (Å²) in [7, 11) is -3.50. The Morgan fingerprint density at radius 1 is 1.06 bits per heavy atom. The van der Waals surface area contributed by atoms with Crippen molar-refractivity contribution in [3.8, 4) is 0 Å². The van der Waals surface area contributed by atoms with E-state index in [0.717, 1.165) is 5.56 Å². The molecule has 0 spiro atoms. The zero-order valence-electron chi connectivity index (χ0n) is 19.6. The van der Waals surface area contributed by atoms with E-state index >= 15 is 0 Å². The van der Waals surface area contributed by atoms with Crippen LogP contribution in [0.25, 0.3) is 0 Å². The molecule has 3 rings (SSSR count). The molecule has 2 aromatic rings. The molecule has 0 saturated carbocycles. The number of carbonyl (C=O) groups excluding carboxylic acids is 1. The SMILES string of the molecule is C[C@@H](NC(=O)C1CCN(S(=O)(=O)Cc2ccc(Cl)c(Cl)c2)CC1)c1ccc(C(C)(C)C)cc1. The van der Waals surface area contributed by atoms with E-state index in [4.69, 9.17) is 23.2 Å². The molecule has 1 aliphatic heterocycles. The number of hydrogen-bond acceptors (Lipinski definition) is 3. The van der Waals surface area contributed by atoms with Crippen molar-refractivity contribution in [1.29, 1.82) is 0 Å². The first-order chi connectivity index (χ1) is 15.4. The molecule has 1 aliphatic rings. The Balaban J connectivity index is 1.54. The molecule has 1 heterocycles. The van der Waals surface area contributed by atoms with Gasteiger partial charge in [-0.3, -0.25) is 4.79 Å². The number of carbonyl (C=O) groups is 1. The van der Waals surface area contributed by atoms with Gasteiger partial charge in [-0.25, -0.2) is 12.7 Å². The molecule has 1 atom stereocenters. The second-order valence-corrected chi connectivity index (χ2v) is 12.6. The van der Waals surface area contributed by atoms with Gasteiger partial charge in [-0.15, -0.1) is 0 Å². The molecule has 0 radical (unpaired) electrons. The van der Waals surface area contributed by atoms with E-state index in [1.807, 2.05) is 6.92 Å². The fourth-order valence-corrected chi connectivity index (χ4v) is 5.89. The van der Waals surface area contributed by atoms with Crippen molar-refractivity contribution in [2.45, 2.75) is 57.7 Å². The lowest BCUT2D eigenvalue weighted by Gasteiger charge is -2.31. The number of benzene rings is 2. The largest absolute Gasteiger partial charge is 0.349 e. The van der Waals surface area contributed by atoms with Crippen LogP contribution in [0.15, 0.2) is 42.5 Å². The van der Waals surface area contributed by atoms with E-state index in [1.165, 1.54) is 9.87 Å². The van der Waals surface area contributed by atoms with Crippen LogP contribution in [0.1, 0.15) is 63.3 Å². The number of halogens is 2. The molecule has 0 aliphatic carbocycles. The third-order valence-electron chi connectivity index (χ3n) is 6.19. The summed E-state index contributed by atoms with van der Waals surface area (Å²) < 4.78 is 27.1. The van der Waals surface area contributed by atoms with Crippen LogP contribution in [0.4, 0.5) is 0 Å². The lowest BCUT2D eigenvalue weighted by molar-refractivity contribution is -0.126. The average molecular weight is 512 g/mol. The molecule has 1 amide bonds. The van der Waals surface area contributed by atoms with Gasteiger partial charge in [0.25, 0.3) is 0 Å². The molecular formula is C25H32Cl2N2O3S. The number of rotatable bonds is 6. The molecule has 2 aromatic carbocycles. The summed E-state index contributed by atoms with van der Waals surface area (Å²) in [6.45, 7) is 9.15. The van der Waals surface area contributed by atoms with Crippen LogP contribution in [-0.4, -0.2) is 31.7 Å². The highest BCUT2D eigenvalue weighted by molar-refractivity contribution is 7.88. The summed E-state index contributed by atoms with van der Waals surface area (Å²) in [6, 6.07) is 13.1. The molecule has 0 bridgehead atoms. The van der Waals surface area contributed by atoms with Crippen LogP contribution in [0.2, 0.25) is 10.0 Å². The Hall–Kier alpha value is -1.60. The quantitative estimate of drug-likeness (QED) is 0.540. The fraction of sp³-hybridized carbons (Fsp3) is 0.480. The molecule has 1 N–H and O–H groups in total. The zero-order chi connectivity index (χ0) is 24.4. The van der Waals surface area contributed by atoms with Gasteiger partial charge in [0.15, 0.2) is 0 Å². The molecule has 33 heavy (non-hydrogen) atoms. The summed E-state index contributed by atoms with van der Waals surface area (Å²) in [5.41, 5.74) is 2.98. The molecule has 180 valence electrons. The summed E-state index contributed by atoms with van der Waals surface area (Å²) >= 11 is 11.9. The molecule has 1 fully saturated rings. The second kappa shape index (κ2) is 10.3. The smallest absolute Gasteiger partial charge is 0.223 e. The van der Waals surface area contributed by atoms with E-state index in [0.29, 0.717) is 41.5 Å². The van der Waals surface area contributed by atoms with E-state index < -0.39 is 10.0 Å². The van der Waals surface area contributed by atoms with Gasteiger partial charge in [0.05, 0.1) is 21.8 Å². The number of piperidine rings is 1. The predicted molar refractivity (Wildman–Crippen MR) is 135 cm³/mol. The number of nitrogens with one attached hydrogen (secondary N) is 1. The van der Waals surface area contributed by atoms with E-state index in [2.05, 4.69) is 50.4 Å². The summed E-state index contributed by atoms with van der Waals surface area (Å²) in [5.74, 6) is -0.357. The third-order valence-corrected chi connectivity index (χ3v) is 8.78. The number of hydrogen-bond donors (Lipinski definition) is 1. The number of sulfonamides is 1. The first-order valence-electron chi connectivity index (χ1n) is 11.2. The van der Waals surface area contributed by atoms with Gasteiger partial charge in [-0.05, 0) is 54.0 Å². The fourth-order valence-electron chi connectivity index (χ4n) is 4.01. The van der Waals surface area contributed by atoms with Crippen LogP contribution >= 0.6 is 23.2 Å². The Morgan fingerprint density at radius 2 is 1.67 bits per heavy atom. The van der Waals surface area contributed by atoms with Gasteiger partial charge in [-0.2, -0.15) is 0 Å². The topological polar surface area (TPSA) is 66.5 Å². The van der Waals surface area contributed by atoms with Crippen LogP contribution in [-0.2, 0) is 26.0 Å². The third kappa shape index (κ3) is 6.72. The second-order valence-electron chi connectivity index (χ2n) is 9.78. The van der Waals surface area contributed by atoms with E-state index in [-0.39, 0.29) is 29.0 Å². The standard InChI is InChI=1S/C25H32Cl2N2O3S/c1-17(19-6-8-21(9-7-19)25(2,3)4)28-24(30)20-11-13-29(14-12-20)33(31,32)16-18-5-10-22(26)23(27)15-18/h5-10,15,17,20H,11-14,16H2,1-4H3,(H,28,30)/t17-/m1/s1. The van der Waals surface area contributed by atoms with Gasteiger partial charge < -0.3 is 5.32 Å². The normalized spacial score (nSPS) is 17.0. The van der Waals surface area contributed by atoms with Crippen LogP contribution in [0, 0.1) is 5.92 Å². The van der Waals surface area contributed by atoms with Crippen molar-refractivity contribution in [3.63, 3.8) is 0 Å². The van der Waals surface area contributed by atoms with Crippen LogP contribution < -0.4 is 5.32 Å². The first kappa shape index (κ1) is 26.0. The van der Waals surface area contributed by atoms with Gasteiger partial charge in [-0.1, -0.05) is 74.3 Å². The average Bonchev–Trinajstić information content (AvgIpc) is 2.75. The molecule has 5 nitrogen and oxygen atoms in total. The predicted octanol–water partition coefficient (Wildman–Crippen LogP) is 5.71. The van der Waals surface area contributed by atoms with Crippen molar-refractivity contribution in [3.05, 3.63) is 69.2 Å². The molecule has 1 saturated heterocycles. The van der Waals surface area contributed by atoms with Gasteiger partial charge in [0, 0.05) is 19.0 Å². The highest BCUT2D eigenvalue weighted by Gasteiger charge is 2.31. The number of amides is 1. The monoisotopic (exact) mass is 510 g/mol. The van der Waals surface area contributed by atoms with Crippen molar-refractivity contribution in [1.82, 2.24) is 9.62 Å². The van der Waals surface area contributed by atoms with E-state index in [1.54, 1.807) is 18.2 Å². The highest BCUT2D eigenvalue weighted by Crippen LogP contribution is 2.27. The molecule has 8 heteroatoms. The highest BCUT2D eigenvalue weighted by atomic mass is 35.5. The van der Waals surface area contributed by atoms with Crippen molar-refractivity contribution < 1.29 is 13.2 Å². The molecule has 0 aromatic heterocycles. The van der Waals surface area contributed by atoms with Crippen molar-refractivity contribution in [2.24, 2.45) is 5.92 Å². The molecular weight excluding hydrogens is 479 g/mol. The Morgan fingerprint density at radius 3 is 2.21 bits per heavy atom. The van der Waals surface area contributed by atoms with Crippen molar-refractivity contribution in [2.75, 3.05) is 13.1 Å². The lowest BCUT2D eigenvalue weighted by atomic mass is 9.86. The minimum atomic E-state index is -3.50. The first-order valence-corrected chi connectivity index (χ1v) is 13.6. The summed E-state index contributed by atoms with van der Waals surface area (Å²) in [4.78, 5) is 12.8. The van der Waals surface area contributed by atoms with Gasteiger partial charge in [0.1, 0.15) is 0 Å². The maximum Gasteiger partial charge on any atom is 0.223 e. The van der Waals surface area contributed by atoms with Crippen molar-refractivity contribution >= 4 is 39.1 Å². The van der Waals surface area contributed by atoms with E-state index in [9.17, 15) is 13.2 Å². The summed E-state index contributed by atoms with van der Waals surface area (Å²) in [6.07, 6.45) is 1.00. The van der Waals surface area contributed by atoms with Gasteiger partial charge in [0.2, 0.25) is 15.9 Å².